The lowest BCUT2D eigenvalue weighted by molar-refractivity contribution is 0.101. The maximum atomic E-state index is 12.8. The summed E-state index contributed by atoms with van der Waals surface area (Å²) in [4.78, 5) is 14.9. The highest BCUT2D eigenvalue weighted by Gasteiger charge is 2.34. The summed E-state index contributed by atoms with van der Waals surface area (Å²) in [7, 11) is 4.05. The first-order valence-electron chi connectivity index (χ1n) is 8.01. The molecule has 0 N–H and O–H groups in total. The first kappa shape index (κ1) is 15.5. The van der Waals surface area contributed by atoms with Crippen LogP contribution in [0.25, 0.3) is 6.08 Å². The Morgan fingerprint density at radius 1 is 1.00 bits per heavy atom. The third-order valence-corrected chi connectivity index (χ3v) is 4.58. The molecule has 0 saturated carbocycles. The summed E-state index contributed by atoms with van der Waals surface area (Å²) in [6.45, 7) is 4.42. The fourth-order valence-corrected chi connectivity index (χ4v) is 3.28. The number of ketones is 1. The smallest absolute Gasteiger partial charge is 0.189 e. The quantitative estimate of drug-likeness (QED) is 0.750. The van der Waals surface area contributed by atoms with Crippen LogP contribution in [0.3, 0.4) is 0 Å². The molecule has 0 amide bonds. The van der Waals surface area contributed by atoms with Gasteiger partial charge in [0.15, 0.2) is 5.78 Å². The highest BCUT2D eigenvalue weighted by molar-refractivity contribution is 6.13. The van der Waals surface area contributed by atoms with Gasteiger partial charge in [0.2, 0.25) is 0 Å². The number of rotatable bonds is 2. The molecule has 2 aromatic carbocycles. The molecule has 0 aromatic heterocycles. The lowest BCUT2D eigenvalue weighted by atomic mass is 9.70. The van der Waals surface area contributed by atoms with Gasteiger partial charge in [-0.25, -0.2) is 0 Å². The molecule has 0 unspecified atom stereocenters. The molecule has 2 nitrogen and oxygen atoms in total. The van der Waals surface area contributed by atoms with Gasteiger partial charge in [-0.05, 0) is 41.2 Å². The minimum absolute atomic E-state index is 0.0140. The van der Waals surface area contributed by atoms with Gasteiger partial charge in [0.1, 0.15) is 0 Å². The zero-order valence-electron chi connectivity index (χ0n) is 14.3. The van der Waals surface area contributed by atoms with E-state index in [0.29, 0.717) is 0 Å². The summed E-state index contributed by atoms with van der Waals surface area (Å²) in [6, 6.07) is 16.3. The molecule has 1 aliphatic rings. The Morgan fingerprint density at radius 3 is 2.30 bits per heavy atom. The summed E-state index contributed by atoms with van der Waals surface area (Å²) in [6.07, 6.45) is 2.82. The van der Waals surface area contributed by atoms with E-state index in [0.717, 1.165) is 34.4 Å². The number of fused-ring (bicyclic) bond motifs is 1. The zero-order valence-corrected chi connectivity index (χ0v) is 14.3. The average Bonchev–Trinajstić information content (AvgIpc) is 2.53. The fraction of sp³-hybridized carbons (Fsp3) is 0.286. The number of carbonyl (C=O) groups excluding carboxylic acids is 1. The van der Waals surface area contributed by atoms with Crippen LogP contribution >= 0.6 is 0 Å². The van der Waals surface area contributed by atoms with E-state index in [1.54, 1.807) is 0 Å². The van der Waals surface area contributed by atoms with Gasteiger partial charge in [-0.3, -0.25) is 4.79 Å². The van der Waals surface area contributed by atoms with E-state index in [4.69, 9.17) is 0 Å². The minimum Gasteiger partial charge on any atom is -0.378 e. The average molecular weight is 305 g/mol. The van der Waals surface area contributed by atoms with E-state index < -0.39 is 0 Å². The molecule has 0 bridgehead atoms. The van der Waals surface area contributed by atoms with Gasteiger partial charge in [-0.2, -0.15) is 0 Å². The number of anilines is 1. The summed E-state index contributed by atoms with van der Waals surface area (Å²) >= 11 is 0. The Labute approximate surface area is 138 Å². The third kappa shape index (κ3) is 2.94. The normalized spacial score (nSPS) is 17.9. The second-order valence-electron chi connectivity index (χ2n) is 7.09. The van der Waals surface area contributed by atoms with Crippen molar-refractivity contribution in [1.82, 2.24) is 0 Å². The number of hydrogen-bond acceptors (Lipinski definition) is 2. The van der Waals surface area contributed by atoms with Crippen molar-refractivity contribution < 1.29 is 4.79 Å². The maximum Gasteiger partial charge on any atom is 0.189 e. The number of benzene rings is 2. The van der Waals surface area contributed by atoms with E-state index in [1.165, 1.54) is 0 Å². The SMILES string of the molecule is CN(C)c1ccc(/C=C2\CC(C)(C)c3ccccc3C2=O)cc1. The van der Waals surface area contributed by atoms with Crippen molar-refractivity contribution in [3.63, 3.8) is 0 Å². The van der Waals surface area contributed by atoms with Crippen LogP contribution in [0.15, 0.2) is 54.1 Å². The number of carbonyl (C=O) groups is 1. The number of Topliss-reactive ketones (excluding diaryl/α,β-unsaturated/α-hetero) is 1. The van der Waals surface area contributed by atoms with E-state index >= 15 is 0 Å². The van der Waals surface area contributed by atoms with Crippen LogP contribution < -0.4 is 4.90 Å². The summed E-state index contributed by atoms with van der Waals surface area (Å²) < 4.78 is 0. The van der Waals surface area contributed by atoms with Crippen molar-refractivity contribution in [2.24, 2.45) is 0 Å². The van der Waals surface area contributed by atoms with E-state index in [-0.39, 0.29) is 11.2 Å². The fourth-order valence-electron chi connectivity index (χ4n) is 3.28. The molecule has 3 rings (SSSR count). The summed E-state index contributed by atoms with van der Waals surface area (Å²) in [5.74, 6) is 0.164. The van der Waals surface area contributed by atoms with Crippen LogP contribution in [0.2, 0.25) is 0 Å². The van der Waals surface area contributed by atoms with Crippen molar-refractivity contribution in [3.05, 3.63) is 70.8 Å². The molecule has 0 radical (unpaired) electrons. The molecule has 0 saturated heterocycles. The Morgan fingerprint density at radius 2 is 1.65 bits per heavy atom. The Bertz CT molecular complexity index is 767. The molecule has 0 spiro atoms. The standard InChI is InChI=1S/C21H23NO/c1-21(2)14-16(20(23)18-7-5-6-8-19(18)21)13-15-9-11-17(12-10-15)22(3)4/h5-13H,14H2,1-4H3/b16-13+. The van der Waals surface area contributed by atoms with Gasteiger partial charge in [-0.1, -0.05) is 50.2 Å². The molecular weight excluding hydrogens is 282 g/mol. The first-order valence-corrected chi connectivity index (χ1v) is 8.01. The van der Waals surface area contributed by atoms with Crippen LogP contribution in [-0.2, 0) is 5.41 Å². The van der Waals surface area contributed by atoms with Gasteiger partial charge in [0.25, 0.3) is 0 Å². The second-order valence-corrected chi connectivity index (χ2v) is 7.09. The third-order valence-electron chi connectivity index (χ3n) is 4.58. The van der Waals surface area contributed by atoms with Crippen LogP contribution in [0.4, 0.5) is 5.69 Å². The first-order chi connectivity index (χ1) is 10.9. The maximum absolute atomic E-state index is 12.8. The molecule has 0 fully saturated rings. The molecule has 118 valence electrons. The van der Waals surface area contributed by atoms with Gasteiger partial charge < -0.3 is 4.90 Å². The van der Waals surface area contributed by atoms with Gasteiger partial charge in [0.05, 0.1) is 0 Å². The Balaban J connectivity index is 1.99. The zero-order chi connectivity index (χ0) is 16.6. The predicted molar refractivity (Wildman–Crippen MR) is 97.2 cm³/mol. The number of allylic oxidation sites excluding steroid dienone is 1. The lowest BCUT2D eigenvalue weighted by Gasteiger charge is -2.33. The van der Waals surface area contributed by atoms with Crippen molar-refractivity contribution in [2.45, 2.75) is 25.7 Å². The monoisotopic (exact) mass is 305 g/mol. The highest BCUT2D eigenvalue weighted by Crippen LogP contribution is 2.39. The van der Waals surface area contributed by atoms with Crippen molar-refractivity contribution in [2.75, 3.05) is 19.0 Å². The number of nitrogens with zero attached hydrogens (tertiary/aromatic N) is 1. The molecule has 1 aliphatic carbocycles. The predicted octanol–water partition coefficient (Wildman–Crippen LogP) is 4.70. The van der Waals surface area contributed by atoms with Crippen LogP contribution in [0.5, 0.6) is 0 Å². The van der Waals surface area contributed by atoms with Crippen LogP contribution in [0, 0.1) is 0 Å². The van der Waals surface area contributed by atoms with Crippen LogP contribution in [-0.4, -0.2) is 19.9 Å². The van der Waals surface area contributed by atoms with Gasteiger partial charge in [-0.15, -0.1) is 0 Å². The minimum atomic E-state index is -0.0140. The topological polar surface area (TPSA) is 20.3 Å². The van der Waals surface area contributed by atoms with Gasteiger partial charge >= 0.3 is 0 Å². The molecule has 23 heavy (non-hydrogen) atoms. The van der Waals surface area contributed by atoms with Crippen LogP contribution in [0.1, 0.15) is 41.8 Å². The molecule has 0 aliphatic heterocycles. The Hall–Kier alpha value is -2.35. The Kier molecular flexibility index (Phi) is 3.85. The summed E-state index contributed by atoms with van der Waals surface area (Å²) in [5, 5.41) is 0. The van der Waals surface area contributed by atoms with Crippen molar-refractivity contribution in [1.29, 1.82) is 0 Å². The molecular formula is C21H23NO. The molecule has 0 atom stereocenters. The van der Waals surface area contributed by atoms with Crippen molar-refractivity contribution >= 4 is 17.5 Å². The molecule has 2 heteroatoms. The second kappa shape index (κ2) is 5.69. The highest BCUT2D eigenvalue weighted by atomic mass is 16.1. The summed E-state index contributed by atoms with van der Waals surface area (Å²) in [5.41, 5.74) is 5.12. The van der Waals surface area contributed by atoms with Gasteiger partial charge in [0, 0.05) is 30.9 Å². The van der Waals surface area contributed by atoms with E-state index in [9.17, 15) is 4.79 Å². The lowest BCUT2D eigenvalue weighted by Crippen LogP contribution is -2.29. The van der Waals surface area contributed by atoms with E-state index in [2.05, 4.69) is 49.1 Å². The number of hydrogen-bond donors (Lipinski definition) is 0. The van der Waals surface area contributed by atoms with Crippen molar-refractivity contribution in [3.8, 4) is 0 Å². The molecule has 0 heterocycles. The van der Waals surface area contributed by atoms with E-state index in [1.807, 2.05) is 38.4 Å². The molecule has 2 aromatic rings. The largest absolute Gasteiger partial charge is 0.378 e.